The summed E-state index contributed by atoms with van der Waals surface area (Å²) in [7, 11) is 1.47. The Hall–Kier alpha value is -3.69. The molecule has 0 aliphatic rings. The highest BCUT2D eigenvalue weighted by Crippen LogP contribution is 2.34. The van der Waals surface area contributed by atoms with Crippen LogP contribution >= 0.6 is 27.5 Å². The molecular weight excluding hydrogens is 560 g/mol. The summed E-state index contributed by atoms with van der Waals surface area (Å²) >= 11 is 9.69. The minimum absolute atomic E-state index is 0.262. The number of nitrogens with one attached hydrogen (secondary N) is 1. The molecule has 1 aromatic heterocycles. The van der Waals surface area contributed by atoms with Crippen LogP contribution < -0.4 is 20.3 Å². The highest BCUT2D eigenvalue weighted by molar-refractivity contribution is 9.10. The zero-order valence-corrected chi connectivity index (χ0v) is 22.8. The van der Waals surface area contributed by atoms with E-state index in [1.165, 1.54) is 18.0 Å². The van der Waals surface area contributed by atoms with Crippen molar-refractivity contribution in [1.82, 2.24) is 9.66 Å². The molecule has 0 bridgehead atoms. The number of halogens is 2. The highest BCUT2D eigenvalue weighted by Gasteiger charge is 2.15. The fraction of sp³-hybridized carbons (Fsp3) is 0.185. The van der Waals surface area contributed by atoms with Crippen molar-refractivity contribution in [3.63, 3.8) is 0 Å². The molecule has 0 aliphatic carbocycles. The summed E-state index contributed by atoms with van der Waals surface area (Å²) in [5, 5.41) is 8.05. The summed E-state index contributed by atoms with van der Waals surface area (Å²) in [4.78, 5) is 30.4. The molecule has 0 spiro atoms. The van der Waals surface area contributed by atoms with Gasteiger partial charge in [-0.2, -0.15) is 9.78 Å². The zero-order chi connectivity index (χ0) is 26.5. The summed E-state index contributed by atoms with van der Waals surface area (Å²) in [6.45, 7) is 3.52. The minimum atomic E-state index is -0.344. The summed E-state index contributed by atoms with van der Waals surface area (Å²) < 4.78 is 13.3. The van der Waals surface area contributed by atoms with Gasteiger partial charge in [0.1, 0.15) is 5.82 Å². The maximum absolute atomic E-state index is 13.2. The van der Waals surface area contributed by atoms with Gasteiger partial charge in [0.2, 0.25) is 0 Å². The Morgan fingerprint density at radius 3 is 2.73 bits per heavy atom. The molecule has 4 aromatic rings. The molecule has 0 radical (unpaired) electrons. The number of methoxy groups -OCH3 is 1. The summed E-state index contributed by atoms with van der Waals surface area (Å²) in [6, 6.07) is 16.0. The average molecular weight is 584 g/mol. The molecule has 10 heteroatoms. The lowest BCUT2D eigenvalue weighted by Crippen LogP contribution is -2.22. The van der Waals surface area contributed by atoms with Crippen LogP contribution in [0.4, 0.5) is 5.69 Å². The van der Waals surface area contributed by atoms with Crippen LogP contribution in [0.2, 0.25) is 5.02 Å². The van der Waals surface area contributed by atoms with Crippen molar-refractivity contribution in [2.45, 2.75) is 20.3 Å². The average Bonchev–Trinajstić information content (AvgIpc) is 2.88. The van der Waals surface area contributed by atoms with Crippen LogP contribution in [-0.2, 0) is 11.2 Å². The SMILES string of the molecule is CCc1nc2ccc(Br)cc2c(=O)n1N=Cc1cc(Cl)cc(OC)c1OCC(=O)Nc1ccccc1C. The number of carbonyl (C=O) groups excluding carboxylic acids is 1. The fourth-order valence-corrected chi connectivity index (χ4v) is 4.27. The number of anilines is 1. The second-order valence-electron chi connectivity index (χ2n) is 8.08. The normalized spacial score (nSPS) is 11.2. The second kappa shape index (κ2) is 11.6. The number of carbonyl (C=O) groups is 1. The van der Waals surface area contributed by atoms with Gasteiger partial charge in [0.15, 0.2) is 18.1 Å². The van der Waals surface area contributed by atoms with Gasteiger partial charge in [0.25, 0.3) is 11.5 Å². The number of aryl methyl sites for hydroxylation is 2. The lowest BCUT2D eigenvalue weighted by atomic mass is 10.2. The predicted octanol–water partition coefficient (Wildman–Crippen LogP) is 5.59. The maximum Gasteiger partial charge on any atom is 0.282 e. The van der Waals surface area contributed by atoms with E-state index in [1.54, 1.807) is 24.3 Å². The fourth-order valence-electron chi connectivity index (χ4n) is 3.69. The van der Waals surface area contributed by atoms with Crippen LogP contribution in [0.1, 0.15) is 23.9 Å². The monoisotopic (exact) mass is 582 g/mol. The number of aromatic nitrogens is 2. The number of para-hydroxylation sites is 1. The van der Waals surface area contributed by atoms with Crippen molar-refractivity contribution >= 4 is 56.2 Å². The van der Waals surface area contributed by atoms with Crippen LogP contribution in [0.3, 0.4) is 0 Å². The molecule has 0 unspecified atom stereocenters. The first-order valence-corrected chi connectivity index (χ1v) is 12.6. The van der Waals surface area contributed by atoms with E-state index in [2.05, 4.69) is 31.3 Å². The Labute approximate surface area is 227 Å². The van der Waals surface area contributed by atoms with E-state index in [9.17, 15) is 9.59 Å². The Kier molecular flexibility index (Phi) is 8.25. The van der Waals surface area contributed by atoms with Crippen LogP contribution in [0, 0.1) is 6.92 Å². The number of amides is 1. The van der Waals surface area contributed by atoms with E-state index in [0.717, 1.165) is 10.0 Å². The second-order valence-corrected chi connectivity index (χ2v) is 9.43. The third-order valence-electron chi connectivity index (χ3n) is 5.54. The topological polar surface area (TPSA) is 94.8 Å². The first-order valence-electron chi connectivity index (χ1n) is 11.4. The van der Waals surface area contributed by atoms with Crippen LogP contribution in [0.25, 0.3) is 10.9 Å². The molecular formula is C27H24BrClN4O4. The number of hydrogen-bond donors (Lipinski definition) is 1. The van der Waals surface area contributed by atoms with E-state index < -0.39 is 0 Å². The maximum atomic E-state index is 13.2. The van der Waals surface area contributed by atoms with E-state index in [-0.39, 0.29) is 23.8 Å². The summed E-state index contributed by atoms with van der Waals surface area (Å²) in [6.07, 6.45) is 1.93. The first-order chi connectivity index (χ1) is 17.8. The molecule has 1 N–H and O–H groups in total. The van der Waals surface area contributed by atoms with Crippen molar-refractivity contribution < 1.29 is 14.3 Å². The minimum Gasteiger partial charge on any atom is -0.493 e. The molecule has 1 amide bonds. The van der Waals surface area contributed by atoms with Crippen molar-refractivity contribution in [2.75, 3.05) is 19.0 Å². The third kappa shape index (κ3) is 6.00. The van der Waals surface area contributed by atoms with Crippen molar-refractivity contribution in [1.29, 1.82) is 0 Å². The number of nitrogens with zero attached hydrogens (tertiary/aromatic N) is 3. The molecule has 4 rings (SSSR count). The van der Waals surface area contributed by atoms with E-state index in [0.29, 0.717) is 45.2 Å². The number of hydrogen-bond acceptors (Lipinski definition) is 6. The molecule has 8 nitrogen and oxygen atoms in total. The van der Waals surface area contributed by atoms with Gasteiger partial charge >= 0.3 is 0 Å². The molecule has 37 heavy (non-hydrogen) atoms. The number of rotatable bonds is 8. The first kappa shape index (κ1) is 26.4. The van der Waals surface area contributed by atoms with Gasteiger partial charge in [-0.3, -0.25) is 9.59 Å². The molecule has 1 heterocycles. The lowest BCUT2D eigenvalue weighted by Gasteiger charge is -2.14. The van der Waals surface area contributed by atoms with Gasteiger partial charge in [-0.1, -0.05) is 52.7 Å². The van der Waals surface area contributed by atoms with Gasteiger partial charge in [0, 0.05) is 33.2 Å². The molecule has 0 fully saturated rings. The van der Waals surface area contributed by atoms with Crippen LogP contribution in [0.15, 0.2) is 69.0 Å². The summed E-state index contributed by atoms with van der Waals surface area (Å²) in [5.41, 5.74) is 2.33. The van der Waals surface area contributed by atoms with Gasteiger partial charge in [-0.05, 0) is 42.8 Å². The number of ether oxygens (including phenoxy) is 2. The van der Waals surface area contributed by atoms with Crippen molar-refractivity contribution in [3.05, 3.63) is 91.4 Å². The van der Waals surface area contributed by atoms with Crippen molar-refractivity contribution in [3.8, 4) is 11.5 Å². The smallest absolute Gasteiger partial charge is 0.282 e. The molecule has 0 aliphatic heterocycles. The van der Waals surface area contributed by atoms with Gasteiger partial charge in [-0.15, -0.1) is 0 Å². The largest absolute Gasteiger partial charge is 0.493 e. The lowest BCUT2D eigenvalue weighted by molar-refractivity contribution is -0.118. The quantitative estimate of drug-likeness (QED) is 0.273. The zero-order valence-electron chi connectivity index (χ0n) is 20.4. The van der Waals surface area contributed by atoms with Gasteiger partial charge < -0.3 is 14.8 Å². The third-order valence-corrected chi connectivity index (χ3v) is 6.25. The predicted molar refractivity (Wildman–Crippen MR) is 149 cm³/mol. The standard InChI is InChI=1S/C27H24BrClN4O4/c1-4-24-31-22-10-9-18(28)12-20(22)27(35)33(24)30-14-17-11-19(29)13-23(36-3)26(17)37-15-25(34)32-21-8-6-5-7-16(21)2/h5-14H,4,15H2,1-3H3,(H,32,34). The van der Waals surface area contributed by atoms with Crippen LogP contribution in [-0.4, -0.2) is 35.5 Å². The van der Waals surface area contributed by atoms with E-state index in [4.69, 9.17) is 21.1 Å². The van der Waals surface area contributed by atoms with Gasteiger partial charge in [0.05, 0.1) is 24.2 Å². The molecule has 0 atom stereocenters. The molecule has 0 saturated carbocycles. The Morgan fingerprint density at radius 1 is 1.22 bits per heavy atom. The Bertz CT molecular complexity index is 1570. The van der Waals surface area contributed by atoms with Crippen LogP contribution in [0.5, 0.6) is 11.5 Å². The Balaban J connectivity index is 1.67. The number of fused-ring (bicyclic) bond motifs is 1. The molecule has 3 aromatic carbocycles. The van der Waals surface area contributed by atoms with E-state index >= 15 is 0 Å². The molecule has 0 saturated heterocycles. The summed E-state index contributed by atoms with van der Waals surface area (Å²) in [5.74, 6) is 0.729. The number of benzene rings is 3. The Morgan fingerprint density at radius 2 is 2.00 bits per heavy atom. The molecule has 190 valence electrons. The van der Waals surface area contributed by atoms with Crippen molar-refractivity contribution in [2.24, 2.45) is 5.10 Å². The van der Waals surface area contributed by atoms with Gasteiger partial charge in [-0.25, -0.2) is 4.98 Å². The highest BCUT2D eigenvalue weighted by atomic mass is 79.9. The van der Waals surface area contributed by atoms with E-state index in [1.807, 2.05) is 44.2 Å².